The van der Waals surface area contributed by atoms with Crippen LogP contribution in [0, 0.1) is 10.1 Å². The Balaban J connectivity index is 1.59. The van der Waals surface area contributed by atoms with Crippen LogP contribution >= 0.6 is 0 Å². The molecule has 0 saturated heterocycles. The molecule has 10 heteroatoms. The maximum atomic E-state index is 13.0. The van der Waals surface area contributed by atoms with Crippen LogP contribution in [0.25, 0.3) is 0 Å². The standard InChI is InChI=1S/C24H15N5O5/c30-22-19(17-12-16(29(33)34)10-11-18(17)26-22)20(13-4-2-1-3-5-13)25-15-8-6-14(7-9-15)21-23(31)28-24(32)27-21/h1-12,19H,(H,26,30)(H,28,31,32). The summed E-state index contributed by atoms with van der Waals surface area (Å²) in [5.41, 5.74) is 2.88. The van der Waals surface area contributed by atoms with E-state index in [0.717, 1.165) is 0 Å². The second-order valence-electron chi connectivity index (χ2n) is 7.58. The maximum absolute atomic E-state index is 13.0. The fourth-order valence-electron chi connectivity index (χ4n) is 3.90. The molecule has 0 radical (unpaired) electrons. The van der Waals surface area contributed by atoms with Crippen molar-refractivity contribution in [3.05, 3.63) is 99.6 Å². The number of hydrogen-bond donors (Lipinski definition) is 2. The molecule has 2 heterocycles. The van der Waals surface area contributed by atoms with Gasteiger partial charge in [-0.05, 0) is 23.8 Å². The molecular weight excluding hydrogens is 438 g/mol. The molecule has 0 aromatic heterocycles. The number of nitro groups is 1. The summed E-state index contributed by atoms with van der Waals surface area (Å²) in [6, 6.07) is 19.1. The summed E-state index contributed by atoms with van der Waals surface area (Å²) in [4.78, 5) is 55.3. The number of nitrogens with one attached hydrogen (secondary N) is 2. The van der Waals surface area contributed by atoms with Crippen molar-refractivity contribution < 1.29 is 19.3 Å². The van der Waals surface area contributed by atoms with E-state index < -0.39 is 22.8 Å². The van der Waals surface area contributed by atoms with Gasteiger partial charge in [0.25, 0.3) is 11.6 Å². The lowest BCUT2D eigenvalue weighted by atomic mass is 9.90. The zero-order chi connectivity index (χ0) is 23.8. The van der Waals surface area contributed by atoms with E-state index in [2.05, 4.69) is 15.6 Å². The molecule has 2 N–H and O–H groups in total. The lowest BCUT2D eigenvalue weighted by molar-refractivity contribution is -0.384. The smallest absolute Gasteiger partial charge is 0.325 e. The molecule has 2 aliphatic rings. The van der Waals surface area contributed by atoms with Gasteiger partial charge < -0.3 is 5.32 Å². The van der Waals surface area contributed by atoms with Crippen LogP contribution in [0.3, 0.4) is 0 Å². The number of carbonyl (C=O) groups is 3. The van der Waals surface area contributed by atoms with Crippen LogP contribution in [0.1, 0.15) is 22.6 Å². The van der Waals surface area contributed by atoms with Crippen molar-refractivity contribution >= 4 is 46.3 Å². The van der Waals surface area contributed by atoms with Crippen molar-refractivity contribution in [1.29, 1.82) is 0 Å². The number of benzene rings is 3. The van der Waals surface area contributed by atoms with Crippen molar-refractivity contribution in [1.82, 2.24) is 5.32 Å². The van der Waals surface area contributed by atoms with E-state index in [9.17, 15) is 24.5 Å². The minimum absolute atomic E-state index is 0.0141. The highest BCUT2D eigenvalue weighted by Gasteiger charge is 2.36. The van der Waals surface area contributed by atoms with Gasteiger partial charge >= 0.3 is 6.03 Å². The summed E-state index contributed by atoms with van der Waals surface area (Å²) >= 11 is 0. The molecule has 0 saturated carbocycles. The molecular formula is C24H15N5O5. The number of rotatable bonds is 5. The van der Waals surface area contributed by atoms with Crippen LogP contribution in [0.4, 0.5) is 21.9 Å². The first-order chi connectivity index (χ1) is 16.4. The molecule has 10 nitrogen and oxygen atoms in total. The number of urea groups is 1. The third-order valence-electron chi connectivity index (χ3n) is 5.46. The van der Waals surface area contributed by atoms with Crippen molar-refractivity contribution in [2.75, 3.05) is 5.32 Å². The molecule has 1 unspecified atom stereocenters. The van der Waals surface area contributed by atoms with Gasteiger partial charge in [0.05, 0.1) is 16.3 Å². The SMILES string of the molecule is O=C1N=C(c2ccc(N=C(c3ccccc3)C3C(=O)Nc4ccc([N+](=O)[O-])cc43)cc2)C(=O)N1. The zero-order valence-corrected chi connectivity index (χ0v) is 17.4. The van der Waals surface area contributed by atoms with E-state index in [0.29, 0.717) is 33.8 Å². The number of non-ortho nitro benzene ring substituents is 1. The van der Waals surface area contributed by atoms with Gasteiger partial charge in [0, 0.05) is 28.9 Å². The van der Waals surface area contributed by atoms with E-state index in [1.165, 1.54) is 18.2 Å². The number of carbonyl (C=O) groups excluding carboxylic acids is 3. The Labute approximate surface area is 192 Å². The van der Waals surface area contributed by atoms with Gasteiger partial charge in [0.1, 0.15) is 11.6 Å². The quantitative estimate of drug-likeness (QED) is 0.345. The number of nitro benzene ring substituents is 1. The Hall–Kier alpha value is -4.99. The fraction of sp³-hybridized carbons (Fsp3) is 0.0417. The second kappa shape index (κ2) is 8.17. The molecule has 0 spiro atoms. The molecule has 1 atom stereocenters. The van der Waals surface area contributed by atoms with Gasteiger partial charge in [-0.2, -0.15) is 4.99 Å². The third kappa shape index (κ3) is 3.73. The van der Waals surface area contributed by atoms with Crippen molar-refractivity contribution in [2.45, 2.75) is 5.92 Å². The molecule has 0 bridgehead atoms. The Morgan fingerprint density at radius 3 is 2.32 bits per heavy atom. The summed E-state index contributed by atoms with van der Waals surface area (Å²) < 4.78 is 0. The van der Waals surface area contributed by atoms with Gasteiger partial charge in [0.15, 0.2) is 0 Å². The highest BCUT2D eigenvalue weighted by atomic mass is 16.6. The minimum atomic E-state index is -0.861. The number of hydrogen-bond acceptors (Lipinski definition) is 6. The van der Waals surface area contributed by atoms with Crippen LogP contribution in [0.2, 0.25) is 0 Å². The molecule has 166 valence electrons. The summed E-state index contributed by atoms with van der Waals surface area (Å²) in [5.74, 6) is -1.78. The zero-order valence-electron chi connectivity index (χ0n) is 17.4. The van der Waals surface area contributed by atoms with E-state index in [1.807, 2.05) is 18.2 Å². The van der Waals surface area contributed by atoms with Gasteiger partial charge in [-0.15, -0.1) is 0 Å². The lowest BCUT2D eigenvalue weighted by Crippen LogP contribution is -2.25. The Kier molecular flexibility index (Phi) is 5.02. The van der Waals surface area contributed by atoms with Crippen LogP contribution in [0.5, 0.6) is 0 Å². The third-order valence-corrected chi connectivity index (χ3v) is 5.46. The van der Waals surface area contributed by atoms with Gasteiger partial charge in [-0.25, -0.2) is 4.79 Å². The lowest BCUT2D eigenvalue weighted by Gasteiger charge is -2.14. The first kappa shape index (κ1) is 20.9. The summed E-state index contributed by atoms with van der Waals surface area (Å²) in [6.07, 6.45) is 0. The number of nitrogens with zero attached hydrogens (tertiary/aromatic N) is 3. The van der Waals surface area contributed by atoms with Crippen molar-refractivity contribution in [2.24, 2.45) is 9.98 Å². The normalized spacial score (nSPS) is 17.2. The largest absolute Gasteiger partial charge is 0.348 e. The number of amides is 4. The van der Waals surface area contributed by atoms with E-state index in [1.54, 1.807) is 36.4 Å². The molecule has 3 aromatic rings. The van der Waals surface area contributed by atoms with E-state index in [4.69, 9.17) is 4.99 Å². The Bertz CT molecular complexity index is 1430. The number of imide groups is 1. The van der Waals surface area contributed by atoms with Crippen LogP contribution in [-0.2, 0) is 9.59 Å². The highest BCUT2D eigenvalue weighted by Crippen LogP contribution is 2.38. The molecule has 4 amide bonds. The first-order valence-electron chi connectivity index (χ1n) is 10.2. The monoisotopic (exact) mass is 453 g/mol. The molecule has 2 aliphatic heterocycles. The Morgan fingerprint density at radius 2 is 1.68 bits per heavy atom. The van der Waals surface area contributed by atoms with Gasteiger partial charge in [-0.3, -0.25) is 30.0 Å². The molecule has 0 aliphatic carbocycles. The number of fused-ring (bicyclic) bond motifs is 1. The summed E-state index contributed by atoms with van der Waals surface area (Å²) in [6.45, 7) is 0. The fourth-order valence-corrected chi connectivity index (χ4v) is 3.90. The van der Waals surface area contributed by atoms with Crippen molar-refractivity contribution in [3.63, 3.8) is 0 Å². The first-order valence-corrected chi connectivity index (χ1v) is 10.2. The molecule has 34 heavy (non-hydrogen) atoms. The minimum Gasteiger partial charge on any atom is -0.325 e. The van der Waals surface area contributed by atoms with Crippen LogP contribution in [-0.4, -0.2) is 34.2 Å². The molecule has 5 rings (SSSR count). The summed E-state index contributed by atoms with van der Waals surface area (Å²) in [7, 11) is 0. The number of anilines is 1. The van der Waals surface area contributed by atoms with Crippen molar-refractivity contribution in [3.8, 4) is 0 Å². The Morgan fingerprint density at radius 1 is 0.941 bits per heavy atom. The second-order valence-corrected chi connectivity index (χ2v) is 7.58. The topological polar surface area (TPSA) is 143 Å². The van der Waals surface area contributed by atoms with Gasteiger partial charge in [-0.1, -0.05) is 42.5 Å². The van der Waals surface area contributed by atoms with E-state index in [-0.39, 0.29) is 17.3 Å². The molecule has 3 aromatic carbocycles. The molecule has 0 fully saturated rings. The van der Waals surface area contributed by atoms with E-state index >= 15 is 0 Å². The number of aliphatic imine (C=N–C) groups is 2. The maximum Gasteiger partial charge on any atom is 0.348 e. The van der Waals surface area contributed by atoms with Crippen LogP contribution in [0.15, 0.2) is 82.8 Å². The summed E-state index contributed by atoms with van der Waals surface area (Å²) in [5, 5.41) is 16.2. The van der Waals surface area contributed by atoms with Crippen LogP contribution < -0.4 is 10.6 Å². The average molecular weight is 453 g/mol. The predicted octanol–water partition coefficient (Wildman–Crippen LogP) is 3.49. The average Bonchev–Trinajstić information content (AvgIpc) is 3.35. The van der Waals surface area contributed by atoms with Gasteiger partial charge in [0.2, 0.25) is 5.91 Å². The predicted molar refractivity (Wildman–Crippen MR) is 124 cm³/mol. The highest BCUT2D eigenvalue weighted by molar-refractivity contribution is 6.51.